The van der Waals surface area contributed by atoms with E-state index >= 15 is 0 Å². The van der Waals surface area contributed by atoms with Gasteiger partial charge in [-0.3, -0.25) is 33.7 Å². The van der Waals surface area contributed by atoms with Gasteiger partial charge in [-0.15, -0.1) is 0 Å². The molecule has 13 nitrogen and oxygen atoms in total. The quantitative estimate of drug-likeness (QED) is 0.210. The summed E-state index contributed by atoms with van der Waals surface area (Å²) in [6.45, 7) is 0. The van der Waals surface area contributed by atoms with Crippen LogP contribution in [0.3, 0.4) is 0 Å². The van der Waals surface area contributed by atoms with Crippen LogP contribution in [-0.4, -0.2) is 89.9 Å². The van der Waals surface area contributed by atoms with Crippen molar-refractivity contribution < 1.29 is 39.0 Å². The van der Waals surface area contributed by atoms with Crippen molar-refractivity contribution in [3.8, 4) is 5.75 Å². The Morgan fingerprint density at radius 2 is 1.68 bits per heavy atom. The lowest BCUT2D eigenvalue weighted by Gasteiger charge is -2.52. The number of benzene rings is 2. The average Bonchev–Trinajstić information content (AvgIpc) is 2.95. The smallest absolute Gasteiger partial charge is 0.245 e. The highest BCUT2D eigenvalue weighted by Gasteiger charge is 2.69. The third-order valence-corrected chi connectivity index (χ3v) is 9.22. The molecule has 232 valence electrons. The molecule has 0 heterocycles. The normalized spacial score (nSPS) is 28.6. The SMILES string of the molecule is CN(C)c1cc(NC(=O)C(N)c2ccccc2)c(O)c2c1CC1CC3C(N(C)C)C(=O)C(C(N)=O)C(=O)C3(O)C(=O)C1C2=O. The number of fused-ring (bicyclic) bond motifs is 3. The molecular weight excluding hydrogens is 570 g/mol. The zero-order chi connectivity index (χ0) is 32.4. The van der Waals surface area contributed by atoms with E-state index in [9.17, 15) is 39.0 Å². The zero-order valence-corrected chi connectivity index (χ0v) is 24.7. The highest BCUT2D eigenvalue weighted by Crippen LogP contribution is 2.52. The lowest BCUT2D eigenvalue weighted by Crippen LogP contribution is -2.74. The standard InChI is InChI=1S/C31H35N5O8/c1-35(2)18-12-17(34-30(43)22(32)13-8-6-5-7-9-13)24(37)20-15(18)10-14-11-16-23(36(3)4)26(39)21(29(33)42)28(41)31(16,44)27(40)19(14)25(20)38/h5-9,12,14,16,19,21-23,37,44H,10-11,32H2,1-4H3,(H2,33,42)(H,34,43). The fraction of sp³-hybridized carbons (Fsp3) is 0.419. The first-order valence-electron chi connectivity index (χ1n) is 14.1. The van der Waals surface area contributed by atoms with Crippen molar-refractivity contribution in [3.63, 3.8) is 0 Å². The van der Waals surface area contributed by atoms with Crippen LogP contribution in [0.1, 0.15) is 33.9 Å². The van der Waals surface area contributed by atoms with E-state index in [0.717, 1.165) is 0 Å². The Kier molecular flexibility index (Phi) is 7.69. The highest BCUT2D eigenvalue weighted by atomic mass is 16.3. The molecule has 44 heavy (non-hydrogen) atoms. The minimum Gasteiger partial charge on any atom is -0.505 e. The fourth-order valence-corrected chi connectivity index (χ4v) is 7.17. The van der Waals surface area contributed by atoms with E-state index in [-0.39, 0.29) is 24.1 Å². The number of primary amides is 1. The first-order valence-corrected chi connectivity index (χ1v) is 14.1. The summed E-state index contributed by atoms with van der Waals surface area (Å²) in [5, 5.41) is 25.7. The topological polar surface area (TPSA) is 213 Å². The summed E-state index contributed by atoms with van der Waals surface area (Å²) in [7, 11) is 6.46. The van der Waals surface area contributed by atoms with Crippen molar-refractivity contribution in [1.82, 2.24) is 4.90 Å². The molecule has 2 aromatic rings. The number of ketones is 4. The lowest BCUT2D eigenvalue weighted by molar-refractivity contribution is -0.181. The van der Waals surface area contributed by atoms with Gasteiger partial charge in [0.1, 0.15) is 11.8 Å². The first-order chi connectivity index (χ1) is 20.6. The van der Waals surface area contributed by atoms with Crippen LogP contribution in [0.5, 0.6) is 5.75 Å². The molecule has 2 amide bonds. The fourth-order valence-electron chi connectivity index (χ4n) is 7.17. The Labute approximate surface area is 253 Å². The molecule has 0 saturated heterocycles. The van der Waals surface area contributed by atoms with Gasteiger partial charge < -0.3 is 31.9 Å². The number of amides is 2. The summed E-state index contributed by atoms with van der Waals surface area (Å²) < 4.78 is 0. The molecule has 2 aromatic carbocycles. The number of aromatic hydroxyl groups is 1. The molecule has 7 atom stereocenters. The van der Waals surface area contributed by atoms with Crippen LogP contribution in [0.2, 0.25) is 0 Å². The minimum atomic E-state index is -2.83. The second-order valence-corrected chi connectivity index (χ2v) is 12.2. The van der Waals surface area contributed by atoms with Gasteiger partial charge in [-0.1, -0.05) is 30.3 Å². The molecule has 7 N–H and O–H groups in total. The lowest BCUT2D eigenvalue weighted by atomic mass is 9.52. The Morgan fingerprint density at radius 3 is 2.25 bits per heavy atom. The zero-order valence-electron chi connectivity index (χ0n) is 24.7. The van der Waals surface area contributed by atoms with Crippen molar-refractivity contribution in [3.05, 3.63) is 53.1 Å². The Bertz CT molecular complexity index is 1610. The number of rotatable bonds is 6. The molecular formula is C31H35N5O8. The number of nitrogens with zero attached hydrogens (tertiary/aromatic N) is 2. The number of nitrogens with one attached hydrogen (secondary N) is 1. The molecule has 5 rings (SSSR count). The number of phenols is 1. The number of anilines is 2. The van der Waals surface area contributed by atoms with Gasteiger partial charge in [-0.05, 0) is 50.0 Å². The van der Waals surface area contributed by atoms with Crippen molar-refractivity contribution in [2.45, 2.75) is 30.5 Å². The van der Waals surface area contributed by atoms with Crippen molar-refractivity contribution in [1.29, 1.82) is 0 Å². The number of nitrogens with two attached hydrogens (primary N) is 2. The van der Waals surface area contributed by atoms with E-state index < -0.39 is 82.1 Å². The predicted molar refractivity (Wildman–Crippen MR) is 158 cm³/mol. The molecule has 0 spiro atoms. The van der Waals surface area contributed by atoms with E-state index in [0.29, 0.717) is 16.8 Å². The first kappa shape index (κ1) is 31.0. The number of hydrogen-bond donors (Lipinski definition) is 5. The Hall–Kier alpha value is -4.46. The average molecular weight is 606 g/mol. The summed E-state index contributed by atoms with van der Waals surface area (Å²) in [5.74, 6) is -12.3. The molecule has 2 fully saturated rings. The molecule has 0 radical (unpaired) electrons. The van der Waals surface area contributed by atoms with E-state index in [4.69, 9.17) is 11.5 Å². The highest BCUT2D eigenvalue weighted by molar-refractivity contribution is 6.32. The summed E-state index contributed by atoms with van der Waals surface area (Å²) in [6, 6.07) is 7.77. The van der Waals surface area contributed by atoms with E-state index in [1.807, 2.05) is 0 Å². The van der Waals surface area contributed by atoms with Gasteiger partial charge in [0, 0.05) is 25.7 Å². The Morgan fingerprint density at radius 1 is 1.05 bits per heavy atom. The summed E-state index contributed by atoms with van der Waals surface area (Å²) >= 11 is 0. The maximum Gasteiger partial charge on any atom is 0.245 e. The molecule has 0 aliphatic heterocycles. The van der Waals surface area contributed by atoms with Crippen LogP contribution in [0.25, 0.3) is 0 Å². The molecule has 0 aromatic heterocycles. The van der Waals surface area contributed by atoms with Crippen LogP contribution >= 0.6 is 0 Å². The number of carbonyl (C=O) groups is 6. The van der Waals surface area contributed by atoms with Gasteiger partial charge >= 0.3 is 0 Å². The predicted octanol–water partition coefficient (Wildman–Crippen LogP) is -0.428. The second kappa shape index (κ2) is 10.9. The number of carbonyl (C=O) groups excluding carboxylic acids is 6. The minimum absolute atomic E-state index is 0.0675. The van der Waals surface area contributed by atoms with Gasteiger partial charge in [-0.2, -0.15) is 0 Å². The van der Waals surface area contributed by atoms with Crippen LogP contribution < -0.4 is 21.7 Å². The largest absolute Gasteiger partial charge is 0.505 e. The van der Waals surface area contributed by atoms with Gasteiger partial charge in [0.05, 0.1) is 23.2 Å². The number of hydrogen-bond acceptors (Lipinski definition) is 11. The molecule has 13 heteroatoms. The van der Waals surface area contributed by atoms with E-state index in [1.165, 1.54) is 25.1 Å². The summed E-state index contributed by atoms with van der Waals surface area (Å²) in [5.41, 5.74) is 9.74. The van der Waals surface area contributed by atoms with Crippen molar-refractivity contribution >= 4 is 46.3 Å². The molecule has 0 bridgehead atoms. The molecule has 3 aliphatic rings. The maximum absolute atomic E-state index is 14.1. The second-order valence-electron chi connectivity index (χ2n) is 12.2. The molecule has 7 unspecified atom stereocenters. The maximum atomic E-state index is 14.1. The van der Waals surface area contributed by atoms with Crippen LogP contribution in [0.15, 0.2) is 36.4 Å². The van der Waals surface area contributed by atoms with Crippen LogP contribution in [-0.2, 0) is 30.4 Å². The number of Topliss-reactive ketones (excluding diaryl/α,β-unsaturated/α-hetero) is 4. The van der Waals surface area contributed by atoms with Gasteiger partial charge in [0.25, 0.3) is 0 Å². The van der Waals surface area contributed by atoms with Crippen LogP contribution in [0, 0.1) is 23.7 Å². The summed E-state index contributed by atoms with van der Waals surface area (Å²) in [6.07, 6.45) is 0.0204. The number of aliphatic hydroxyl groups is 1. The van der Waals surface area contributed by atoms with Crippen molar-refractivity contribution in [2.75, 3.05) is 38.4 Å². The molecule has 3 aliphatic carbocycles. The van der Waals surface area contributed by atoms with Gasteiger partial charge in [-0.25, -0.2) is 0 Å². The van der Waals surface area contributed by atoms with E-state index in [2.05, 4.69) is 5.32 Å². The third-order valence-electron chi connectivity index (χ3n) is 9.22. The Balaban J connectivity index is 1.59. The van der Waals surface area contributed by atoms with Crippen LogP contribution in [0.4, 0.5) is 11.4 Å². The number of likely N-dealkylation sites (N-methyl/N-ethyl adjacent to an activating group) is 1. The van der Waals surface area contributed by atoms with Gasteiger partial charge in [0.2, 0.25) is 11.8 Å². The summed E-state index contributed by atoms with van der Waals surface area (Å²) in [4.78, 5) is 83.3. The third kappa shape index (κ3) is 4.50. The van der Waals surface area contributed by atoms with Gasteiger partial charge in [0.15, 0.2) is 34.7 Å². The molecule has 2 saturated carbocycles. The van der Waals surface area contributed by atoms with Crippen molar-refractivity contribution in [2.24, 2.45) is 35.1 Å². The van der Waals surface area contributed by atoms with E-state index in [1.54, 1.807) is 49.3 Å². The number of phenolic OH excluding ortho intramolecular Hbond substituents is 1. The monoisotopic (exact) mass is 605 g/mol.